The first-order valence-electron chi connectivity index (χ1n) is 9.09. The van der Waals surface area contributed by atoms with Crippen LogP contribution in [0.4, 0.5) is 0 Å². The summed E-state index contributed by atoms with van der Waals surface area (Å²) in [7, 11) is -3.39. The van der Waals surface area contributed by atoms with Crippen molar-refractivity contribution in [1.82, 2.24) is 9.62 Å². The first kappa shape index (κ1) is 18.1. The second-order valence-electron chi connectivity index (χ2n) is 6.81. The zero-order chi connectivity index (χ0) is 17.7. The molecule has 5 nitrogen and oxygen atoms in total. The van der Waals surface area contributed by atoms with Gasteiger partial charge in [-0.25, -0.2) is 8.42 Å². The zero-order valence-electron chi connectivity index (χ0n) is 14.5. The molecule has 2 aliphatic rings. The maximum Gasteiger partial charge on any atom is 0.243 e. The lowest BCUT2D eigenvalue weighted by Crippen LogP contribution is -2.35. The standard InChI is InChI=1S/C19H26N2O3S/c22-19(17-7-3-1-4-8-17)20-15-16-9-11-18(12-10-16)25(23,24)21-13-5-2-6-14-21/h1,3,9-12,17H,2,4-8,13-15H2,(H,20,22). The van der Waals surface area contributed by atoms with Gasteiger partial charge in [0.25, 0.3) is 0 Å². The fourth-order valence-electron chi connectivity index (χ4n) is 3.40. The van der Waals surface area contributed by atoms with Gasteiger partial charge >= 0.3 is 0 Å². The molecular formula is C19H26N2O3S. The summed E-state index contributed by atoms with van der Waals surface area (Å²) in [5.74, 6) is 0.137. The Bertz CT molecular complexity index is 720. The molecular weight excluding hydrogens is 336 g/mol. The second kappa shape index (κ2) is 8.15. The summed E-state index contributed by atoms with van der Waals surface area (Å²) in [5.41, 5.74) is 0.914. The molecule has 1 atom stereocenters. The minimum absolute atomic E-state index is 0.0590. The van der Waals surface area contributed by atoms with E-state index in [1.54, 1.807) is 28.6 Å². The van der Waals surface area contributed by atoms with Gasteiger partial charge in [-0.05, 0) is 49.8 Å². The maximum atomic E-state index is 12.6. The Morgan fingerprint density at radius 2 is 1.80 bits per heavy atom. The number of amides is 1. The fourth-order valence-corrected chi connectivity index (χ4v) is 4.92. The van der Waals surface area contributed by atoms with Crippen molar-refractivity contribution in [2.75, 3.05) is 13.1 Å². The van der Waals surface area contributed by atoms with Gasteiger partial charge in [0.1, 0.15) is 0 Å². The number of piperidine rings is 1. The molecule has 1 aliphatic carbocycles. The van der Waals surface area contributed by atoms with Crippen LogP contribution in [0.25, 0.3) is 0 Å². The Labute approximate surface area is 150 Å². The Morgan fingerprint density at radius 1 is 1.08 bits per heavy atom. The van der Waals surface area contributed by atoms with Crippen LogP contribution in [-0.2, 0) is 21.4 Å². The molecule has 1 saturated heterocycles. The maximum absolute atomic E-state index is 12.6. The normalized spacial score (nSPS) is 21.8. The number of sulfonamides is 1. The summed E-state index contributed by atoms with van der Waals surface area (Å²) in [5, 5.41) is 2.96. The van der Waals surface area contributed by atoms with Crippen LogP contribution in [0.1, 0.15) is 44.1 Å². The van der Waals surface area contributed by atoms with E-state index < -0.39 is 10.0 Å². The van der Waals surface area contributed by atoms with Crippen LogP contribution in [0.15, 0.2) is 41.3 Å². The Hall–Kier alpha value is -1.66. The molecule has 1 aromatic rings. The molecule has 6 heteroatoms. The molecule has 1 fully saturated rings. The van der Waals surface area contributed by atoms with Gasteiger partial charge in [0.2, 0.25) is 15.9 Å². The van der Waals surface area contributed by atoms with E-state index in [9.17, 15) is 13.2 Å². The van der Waals surface area contributed by atoms with Gasteiger partial charge in [0, 0.05) is 25.6 Å². The largest absolute Gasteiger partial charge is 0.352 e. The topological polar surface area (TPSA) is 66.5 Å². The third-order valence-electron chi connectivity index (χ3n) is 4.98. The summed E-state index contributed by atoms with van der Waals surface area (Å²) in [4.78, 5) is 12.5. The molecule has 1 heterocycles. The van der Waals surface area contributed by atoms with E-state index >= 15 is 0 Å². The van der Waals surface area contributed by atoms with Crippen molar-refractivity contribution in [1.29, 1.82) is 0 Å². The van der Waals surface area contributed by atoms with Crippen molar-refractivity contribution >= 4 is 15.9 Å². The van der Waals surface area contributed by atoms with Crippen LogP contribution in [-0.4, -0.2) is 31.7 Å². The molecule has 25 heavy (non-hydrogen) atoms. The molecule has 0 aromatic heterocycles. The van der Waals surface area contributed by atoms with E-state index in [1.165, 1.54) is 0 Å². The number of hydrogen-bond acceptors (Lipinski definition) is 3. The molecule has 136 valence electrons. The van der Waals surface area contributed by atoms with Crippen LogP contribution in [0, 0.1) is 5.92 Å². The Morgan fingerprint density at radius 3 is 2.44 bits per heavy atom. The molecule has 1 aliphatic heterocycles. The number of nitrogens with zero attached hydrogens (tertiary/aromatic N) is 1. The van der Waals surface area contributed by atoms with Crippen molar-refractivity contribution in [3.8, 4) is 0 Å². The predicted molar refractivity (Wildman–Crippen MR) is 97.4 cm³/mol. The zero-order valence-corrected chi connectivity index (χ0v) is 15.3. The van der Waals surface area contributed by atoms with Crippen LogP contribution in [0.3, 0.4) is 0 Å². The number of hydrogen-bond donors (Lipinski definition) is 1. The lowest BCUT2D eigenvalue weighted by molar-refractivity contribution is -0.125. The Kier molecular flexibility index (Phi) is 5.91. The summed E-state index contributed by atoms with van der Waals surface area (Å²) in [6.45, 7) is 1.65. The summed E-state index contributed by atoms with van der Waals surface area (Å²) < 4.78 is 26.8. The van der Waals surface area contributed by atoms with Gasteiger partial charge in [-0.3, -0.25) is 4.79 Å². The third kappa shape index (κ3) is 4.50. The number of nitrogens with one attached hydrogen (secondary N) is 1. The third-order valence-corrected chi connectivity index (χ3v) is 6.90. The van der Waals surface area contributed by atoms with Crippen molar-refractivity contribution in [3.05, 3.63) is 42.0 Å². The van der Waals surface area contributed by atoms with E-state index in [4.69, 9.17) is 0 Å². The SMILES string of the molecule is O=C(NCc1ccc(S(=O)(=O)N2CCCCC2)cc1)C1CC=CCC1. The van der Waals surface area contributed by atoms with E-state index in [-0.39, 0.29) is 11.8 Å². The van der Waals surface area contributed by atoms with E-state index in [2.05, 4.69) is 17.5 Å². The summed E-state index contributed by atoms with van der Waals surface area (Å²) in [6, 6.07) is 6.87. The molecule has 0 saturated carbocycles. The number of benzene rings is 1. The fraction of sp³-hybridized carbons (Fsp3) is 0.526. The van der Waals surface area contributed by atoms with E-state index in [0.717, 1.165) is 44.1 Å². The highest BCUT2D eigenvalue weighted by Gasteiger charge is 2.25. The van der Waals surface area contributed by atoms with Crippen molar-refractivity contribution < 1.29 is 13.2 Å². The highest BCUT2D eigenvalue weighted by molar-refractivity contribution is 7.89. The van der Waals surface area contributed by atoms with Gasteiger partial charge in [-0.1, -0.05) is 30.7 Å². The average molecular weight is 362 g/mol. The Balaban J connectivity index is 1.58. The number of carbonyl (C=O) groups is 1. The second-order valence-corrected chi connectivity index (χ2v) is 8.75. The minimum Gasteiger partial charge on any atom is -0.352 e. The smallest absolute Gasteiger partial charge is 0.243 e. The van der Waals surface area contributed by atoms with Gasteiger partial charge < -0.3 is 5.32 Å². The summed E-state index contributed by atoms with van der Waals surface area (Å²) >= 11 is 0. The molecule has 0 bridgehead atoms. The molecule has 1 N–H and O–H groups in total. The van der Waals surface area contributed by atoms with Crippen LogP contribution in [0.5, 0.6) is 0 Å². The molecule has 1 amide bonds. The number of carbonyl (C=O) groups excluding carboxylic acids is 1. The first-order valence-corrected chi connectivity index (χ1v) is 10.5. The van der Waals surface area contributed by atoms with Gasteiger partial charge in [-0.15, -0.1) is 0 Å². The lowest BCUT2D eigenvalue weighted by Gasteiger charge is -2.25. The van der Waals surface area contributed by atoms with Crippen molar-refractivity contribution in [2.45, 2.75) is 50.0 Å². The van der Waals surface area contributed by atoms with Crippen molar-refractivity contribution in [2.24, 2.45) is 5.92 Å². The van der Waals surface area contributed by atoms with Gasteiger partial charge in [-0.2, -0.15) is 4.31 Å². The minimum atomic E-state index is -3.39. The van der Waals surface area contributed by atoms with Crippen molar-refractivity contribution in [3.63, 3.8) is 0 Å². The summed E-state index contributed by atoms with van der Waals surface area (Å²) in [6.07, 6.45) is 9.80. The molecule has 1 aromatic carbocycles. The number of allylic oxidation sites excluding steroid dienone is 2. The molecule has 0 radical (unpaired) electrons. The highest BCUT2D eigenvalue weighted by atomic mass is 32.2. The lowest BCUT2D eigenvalue weighted by atomic mass is 9.93. The molecule has 3 rings (SSSR count). The van der Waals surface area contributed by atoms with Crippen LogP contribution >= 0.6 is 0 Å². The van der Waals surface area contributed by atoms with Gasteiger partial charge in [0.15, 0.2) is 0 Å². The number of rotatable bonds is 5. The molecule has 0 spiro atoms. The predicted octanol–water partition coefficient (Wildman–Crippen LogP) is 2.83. The quantitative estimate of drug-likeness (QED) is 0.819. The van der Waals surface area contributed by atoms with Crippen LogP contribution in [0.2, 0.25) is 0 Å². The first-order chi connectivity index (χ1) is 12.1. The molecule has 1 unspecified atom stereocenters. The highest BCUT2D eigenvalue weighted by Crippen LogP contribution is 2.21. The van der Waals surface area contributed by atoms with E-state index in [0.29, 0.717) is 24.5 Å². The monoisotopic (exact) mass is 362 g/mol. The van der Waals surface area contributed by atoms with Crippen LogP contribution < -0.4 is 5.32 Å². The van der Waals surface area contributed by atoms with E-state index in [1.807, 2.05) is 0 Å². The average Bonchev–Trinajstić information content (AvgIpc) is 2.68. The van der Waals surface area contributed by atoms with Gasteiger partial charge in [0.05, 0.1) is 4.90 Å².